The van der Waals surface area contributed by atoms with Gasteiger partial charge in [-0.15, -0.1) is 0 Å². The molecule has 0 saturated carbocycles. The number of aromatic nitrogens is 2. The lowest BCUT2D eigenvalue weighted by Crippen LogP contribution is -2.01. The van der Waals surface area contributed by atoms with Crippen LogP contribution in [0.5, 0.6) is 0 Å². The van der Waals surface area contributed by atoms with E-state index in [1.807, 2.05) is 6.07 Å². The van der Waals surface area contributed by atoms with Gasteiger partial charge in [0.2, 0.25) is 0 Å². The molecule has 0 aliphatic rings. The van der Waals surface area contributed by atoms with E-state index in [0.29, 0.717) is 6.04 Å². The van der Waals surface area contributed by atoms with Crippen LogP contribution < -0.4 is 0 Å². The average Bonchev–Trinajstić information content (AvgIpc) is 2.55. The van der Waals surface area contributed by atoms with Gasteiger partial charge in [0.15, 0.2) is 5.16 Å². The molecule has 0 radical (unpaired) electrons. The summed E-state index contributed by atoms with van der Waals surface area (Å²) < 4.78 is 2.28. The van der Waals surface area contributed by atoms with E-state index in [0.717, 1.165) is 10.7 Å². The highest BCUT2D eigenvalue weighted by Crippen LogP contribution is 2.25. The van der Waals surface area contributed by atoms with Crippen molar-refractivity contribution in [1.29, 1.82) is 0 Å². The smallest absolute Gasteiger partial charge is 0.169 e. The molecule has 0 spiro atoms. The number of nitrogens with zero attached hydrogens (tertiary/aromatic N) is 2. The summed E-state index contributed by atoms with van der Waals surface area (Å²) in [7, 11) is 0. The SMILES string of the molecule is CSc1nc2ccccc2n1C(C)C. The van der Waals surface area contributed by atoms with E-state index in [4.69, 9.17) is 0 Å². The van der Waals surface area contributed by atoms with Crippen molar-refractivity contribution in [3.63, 3.8) is 0 Å². The summed E-state index contributed by atoms with van der Waals surface area (Å²) in [5.74, 6) is 0. The Kier molecular flexibility index (Phi) is 2.50. The lowest BCUT2D eigenvalue weighted by molar-refractivity contribution is 0.567. The molecule has 0 aliphatic carbocycles. The zero-order chi connectivity index (χ0) is 10.1. The van der Waals surface area contributed by atoms with Crippen molar-refractivity contribution in [2.45, 2.75) is 25.0 Å². The molecule has 74 valence electrons. The minimum absolute atomic E-state index is 0.463. The minimum Gasteiger partial charge on any atom is -0.316 e. The highest BCUT2D eigenvalue weighted by atomic mass is 32.2. The van der Waals surface area contributed by atoms with Gasteiger partial charge in [-0.1, -0.05) is 23.9 Å². The number of imidazole rings is 1. The molecule has 0 bridgehead atoms. The van der Waals surface area contributed by atoms with Crippen molar-refractivity contribution in [2.24, 2.45) is 0 Å². The first-order chi connectivity index (χ1) is 6.74. The van der Waals surface area contributed by atoms with Crippen molar-refractivity contribution in [3.8, 4) is 0 Å². The molecule has 0 amide bonds. The summed E-state index contributed by atoms with van der Waals surface area (Å²) in [4.78, 5) is 4.58. The molecule has 1 aromatic heterocycles. The van der Waals surface area contributed by atoms with Crippen LogP contribution in [0, 0.1) is 0 Å². The van der Waals surface area contributed by atoms with Gasteiger partial charge in [0.25, 0.3) is 0 Å². The summed E-state index contributed by atoms with van der Waals surface area (Å²) in [6.45, 7) is 4.38. The maximum atomic E-state index is 4.58. The van der Waals surface area contributed by atoms with E-state index < -0.39 is 0 Å². The van der Waals surface area contributed by atoms with Gasteiger partial charge in [-0.05, 0) is 32.2 Å². The lowest BCUT2D eigenvalue weighted by Gasteiger charge is -2.10. The first-order valence-electron chi connectivity index (χ1n) is 4.75. The van der Waals surface area contributed by atoms with E-state index in [-0.39, 0.29) is 0 Å². The Labute approximate surface area is 88.3 Å². The fourth-order valence-electron chi connectivity index (χ4n) is 1.67. The van der Waals surface area contributed by atoms with Crippen molar-refractivity contribution < 1.29 is 0 Å². The van der Waals surface area contributed by atoms with Gasteiger partial charge < -0.3 is 4.57 Å². The Morgan fingerprint density at radius 2 is 2.00 bits per heavy atom. The van der Waals surface area contributed by atoms with Crippen LogP contribution in [0.15, 0.2) is 29.4 Å². The van der Waals surface area contributed by atoms with Gasteiger partial charge in [-0.3, -0.25) is 0 Å². The first kappa shape index (κ1) is 9.59. The molecule has 0 N–H and O–H groups in total. The second-order valence-corrected chi connectivity index (χ2v) is 4.32. The van der Waals surface area contributed by atoms with E-state index in [1.54, 1.807) is 11.8 Å². The summed E-state index contributed by atoms with van der Waals surface area (Å²) >= 11 is 1.70. The van der Waals surface area contributed by atoms with E-state index in [9.17, 15) is 0 Å². The topological polar surface area (TPSA) is 17.8 Å². The van der Waals surface area contributed by atoms with Crippen molar-refractivity contribution in [1.82, 2.24) is 9.55 Å². The zero-order valence-electron chi connectivity index (χ0n) is 8.69. The largest absolute Gasteiger partial charge is 0.316 e. The maximum absolute atomic E-state index is 4.58. The molecule has 0 saturated heterocycles. The van der Waals surface area contributed by atoms with E-state index in [2.05, 4.69) is 47.9 Å². The monoisotopic (exact) mass is 206 g/mol. The second-order valence-electron chi connectivity index (χ2n) is 3.55. The Morgan fingerprint density at radius 1 is 1.29 bits per heavy atom. The molecule has 2 nitrogen and oxygen atoms in total. The lowest BCUT2D eigenvalue weighted by atomic mass is 10.3. The fraction of sp³-hybridized carbons (Fsp3) is 0.364. The highest BCUT2D eigenvalue weighted by Gasteiger charge is 2.10. The van der Waals surface area contributed by atoms with Crippen LogP contribution in [0.25, 0.3) is 11.0 Å². The number of hydrogen-bond acceptors (Lipinski definition) is 2. The molecule has 1 heterocycles. The minimum atomic E-state index is 0.463. The quantitative estimate of drug-likeness (QED) is 0.701. The van der Waals surface area contributed by atoms with Crippen molar-refractivity contribution >= 4 is 22.8 Å². The third-order valence-corrected chi connectivity index (χ3v) is 2.92. The maximum Gasteiger partial charge on any atom is 0.169 e. The van der Waals surface area contributed by atoms with Gasteiger partial charge in [0.1, 0.15) is 0 Å². The summed E-state index contributed by atoms with van der Waals surface area (Å²) in [6, 6.07) is 8.75. The van der Waals surface area contributed by atoms with Crippen LogP contribution >= 0.6 is 11.8 Å². The number of hydrogen-bond donors (Lipinski definition) is 0. The third-order valence-electron chi connectivity index (χ3n) is 2.26. The zero-order valence-corrected chi connectivity index (χ0v) is 9.51. The molecule has 14 heavy (non-hydrogen) atoms. The molecule has 3 heteroatoms. The van der Waals surface area contributed by atoms with Gasteiger partial charge in [0, 0.05) is 6.04 Å². The fourth-order valence-corrected chi connectivity index (χ4v) is 2.36. The molecule has 2 aromatic rings. The van der Waals surface area contributed by atoms with Gasteiger partial charge in [0.05, 0.1) is 11.0 Å². The number of rotatable bonds is 2. The Balaban J connectivity index is 2.74. The van der Waals surface area contributed by atoms with Crippen LogP contribution in [0.2, 0.25) is 0 Å². The van der Waals surface area contributed by atoms with E-state index >= 15 is 0 Å². The molecular formula is C11H14N2S. The van der Waals surface area contributed by atoms with Gasteiger partial charge in [-0.25, -0.2) is 4.98 Å². The highest BCUT2D eigenvalue weighted by molar-refractivity contribution is 7.98. The van der Waals surface area contributed by atoms with E-state index in [1.165, 1.54) is 5.52 Å². The molecule has 0 unspecified atom stereocenters. The molecule has 2 rings (SSSR count). The van der Waals surface area contributed by atoms with Gasteiger partial charge >= 0.3 is 0 Å². The predicted octanol–water partition coefficient (Wildman–Crippen LogP) is 3.34. The second kappa shape index (κ2) is 3.65. The molecule has 0 aliphatic heterocycles. The number of para-hydroxylation sites is 2. The number of thioether (sulfide) groups is 1. The van der Waals surface area contributed by atoms with Crippen molar-refractivity contribution in [2.75, 3.05) is 6.26 Å². The van der Waals surface area contributed by atoms with Crippen LogP contribution in [0.1, 0.15) is 19.9 Å². The average molecular weight is 206 g/mol. The Bertz CT molecular complexity index is 445. The first-order valence-corrected chi connectivity index (χ1v) is 5.97. The molecule has 0 fully saturated rings. The number of fused-ring (bicyclic) bond motifs is 1. The van der Waals surface area contributed by atoms with Crippen LogP contribution in [-0.2, 0) is 0 Å². The molecular weight excluding hydrogens is 192 g/mol. The Hall–Kier alpha value is -0.960. The molecule has 0 atom stereocenters. The van der Waals surface area contributed by atoms with Crippen LogP contribution in [0.4, 0.5) is 0 Å². The van der Waals surface area contributed by atoms with Crippen LogP contribution in [-0.4, -0.2) is 15.8 Å². The molecule has 1 aromatic carbocycles. The van der Waals surface area contributed by atoms with Gasteiger partial charge in [-0.2, -0.15) is 0 Å². The normalized spacial score (nSPS) is 11.4. The summed E-state index contributed by atoms with van der Waals surface area (Å²) in [5, 5.41) is 1.10. The third kappa shape index (κ3) is 1.42. The van der Waals surface area contributed by atoms with Crippen LogP contribution in [0.3, 0.4) is 0 Å². The summed E-state index contributed by atoms with van der Waals surface area (Å²) in [6.07, 6.45) is 2.07. The summed E-state index contributed by atoms with van der Waals surface area (Å²) in [5.41, 5.74) is 2.32. The van der Waals surface area contributed by atoms with Crippen molar-refractivity contribution in [3.05, 3.63) is 24.3 Å². The predicted molar refractivity (Wildman–Crippen MR) is 61.9 cm³/mol. The Morgan fingerprint density at radius 3 is 2.64 bits per heavy atom. The standard InChI is InChI=1S/C11H14N2S/c1-8(2)13-10-7-5-4-6-9(10)12-11(13)14-3/h4-8H,1-3H3. The number of benzene rings is 1.